The molecule has 0 bridgehead atoms. The summed E-state index contributed by atoms with van der Waals surface area (Å²) in [7, 11) is 0. The van der Waals surface area contributed by atoms with Gasteiger partial charge in [0.25, 0.3) is 0 Å². The molecule has 96 valence electrons. The van der Waals surface area contributed by atoms with Gasteiger partial charge in [0.1, 0.15) is 0 Å². The summed E-state index contributed by atoms with van der Waals surface area (Å²) in [6.07, 6.45) is 6.24. The summed E-state index contributed by atoms with van der Waals surface area (Å²) in [4.78, 5) is 4.20. The van der Waals surface area contributed by atoms with Crippen molar-refractivity contribution in [2.24, 2.45) is 17.6 Å². The van der Waals surface area contributed by atoms with Gasteiger partial charge in [0.2, 0.25) is 0 Å². The summed E-state index contributed by atoms with van der Waals surface area (Å²) in [5.74, 6) is 2.07. The normalized spacial score (nSPS) is 29.2. The number of nitrogens with two attached hydrogens (primary N) is 1. The van der Waals surface area contributed by atoms with Crippen LogP contribution in [0.5, 0.6) is 0 Å². The van der Waals surface area contributed by atoms with E-state index in [0.29, 0.717) is 11.8 Å². The van der Waals surface area contributed by atoms with E-state index < -0.39 is 0 Å². The molecule has 2 heteroatoms. The fourth-order valence-electron chi connectivity index (χ4n) is 3.90. The summed E-state index contributed by atoms with van der Waals surface area (Å²) in [6, 6.07) is 13.1. The molecule has 0 spiro atoms. The third kappa shape index (κ3) is 1.71. The lowest BCUT2D eigenvalue weighted by molar-refractivity contribution is 0.554. The second kappa shape index (κ2) is 4.17. The molecule has 2 aliphatic carbocycles. The molecule has 0 saturated heterocycles. The molecule has 19 heavy (non-hydrogen) atoms. The minimum atomic E-state index is 0.134. The SMILES string of the molecule is NC(c1cccnc1)C1C2CCc3ccccc3C21. The first-order valence-electron chi connectivity index (χ1n) is 7.09. The predicted octanol–water partition coefficient (Wildman–Crippen LogP) is 3.06. The van der Waals surface area contributed by atoms with E-state index in [4.69, 9.17) is 5.73 Å². The first-order valence-corrected chi connectivity index (χ1v) is 7.09. The van der Waals surface area contributed by atoms with Crippen LogP contribution in [0.4, 0.5) is 0 Å². The van der Waals surface area contributed by atoms with Crippen molar-refractivity contribution in [3.05, 3.63) is 65.5 Å². The topological polar surface area (TPSA) is 38.9 Å². The first kappa shape index (κ1) is 11.2. The molecule has 4 unspecified atom stereocenters. The zero-order chi connectivity index (χ0) is 12.8. The number of nitrogens with zero attached hydrogens (tertiary/aromatic N) is 1. The van der Waals surface area contributed by atoms with E-state index in [-0.39, 0.29) is 6.04 Å². The molecule has 2 aromatic rings. The lowest BCUT2D eigenvalue weighted by atomic mass is 9.92. The van der Waals surface area contributed by atoms with E-state index in [0.717, 1.165) is 5.92 Å². The summed E-state index contributed by atoms with van der Waals surface area (Å²) in [6.45, 7) is 0. The maximum atomic E-state index is 6.48. The van der Waals surface area contributed by atoms with Gasteiger partial charge >= 0.3 is 0 Å². The van der Waals surface area contributed by atoms with Crippen molar-refractivity contribution >= 4 is 0 Å². The Morgan fingerprint density at radius 2 is 2.05 bits per heavy atom. The highest BCUT2D eigenvalue weighted by Gasteiger charge is 2.55. The van der Waals surface area contributed by atoms with Crippen molar-refractivity contribution in [3.63, 3.8) is 0 Å². The lowest BCUT2D eigenvalue weighted by Crippen LogP contribution is -2.14. The number of pyridine rings is 1. The van der Waals surface area contributed by atoms with Crippen LogP contribution in [0.15, 0.2) is 48.8 Å². The Morgan fingerprint density at radius 3 is 2.89 bits per heavy atom. The van der Waals surface area contributed by atoms with Crippen LogP contribution >= 0.6 is 0 Å². The smallest absolute Gasteiger partial charge is 0.0347 e. The second-order valence-corrected chi connectivity index (χ2v) is 5.82. The summed E-state index contributed by atoms with van der Waals surface area (Å²) in [5, 5.41) is 0. The van der Waals surface area contributed by atoms with Crippen LogP contribution in [0.25, 0.3) is 0 Å². The van der Waals surface area contributed by atoms with Crippen LogP contribution in [0.2, 0.25) is 0 Å². The summed E-state index contributed by atoms with van der Waals surface area (Å²) in [5.41, 5.74) is 10.7. The molecule has 2 N–H and O–H groups in total. The van der Waals surface area contributed by atoms with Crippen LogP contribution in [0.1, 0.15) is 35.1 Å². The zero-order valence-corrected chi connectivity index (χ0v) is 10.9. The summed E-state index contributed by atoms with van der Waals surface area (Å²) >= 11 is 0. The van der Waals surface area contributed by atoms with E-state index in [1.165, 1.54) is 24.0 Å². The van der Waals surface area contributed by atoms with Gasteiger partial charge in [-0.15, -0.1) is 0 Å². The number of aryl methyl sites for hydroxylation is 1. The quantitative estimate of drug-likeness (QED) is 0.889. The third-order valence-corrected chi connectivity index (χ3v) is 4.87. The molecule has 0 aliphatic heterocycles. The average Bonchev–Trinajstić information content (AvgIpc) is 3.22. The molecule has 1 saturated carbocycles. The van der Waals surface area contributed by atoms with Crippen molar-refractivity contribution < 1.29 is 0 Å². The van der Waals surface area contributed by atoms with Gasteiger partial charge in [-0.2, -0.15) is 0 Å². The Kier molecular flexibility index (Phi) is 2.46. The average molecular weight is 250 g/mol. The van der Waals surface area contributed by atoms with E-state index in [2.05, 4.69) is 35.3 Å². The van der Waals surface area contributed by atoms with Crippen LogP contribution in [0.3, 0.4) is 0 Å². The third-order valence-electron chi connectivity index (χ3n) is 4.87. The van der Waals surface area contributed by atoms with E-state index in [9.17, 15) is 0 Å². The van der Waals surface area contributed by atoms with Crippen LogP contribution < -0.4 is 5.73 Å². The Labute approximate surface area is 113 Å². The van der Waals surface area contributed by atoms with Gasteiger partial charge in [-0.05, 0) is 53.4 Å². The molecular weight excluding hydrogens is 232 g/mol. The largest absolute Gasteiger partial charge is 0.324 e. The van der Waals surface area contributed by atoms with Crippen molar-refractivity contribution in [2.75, 3.05) is 0 Å². The number of aromatic nitrogens is 1. The van der Waals surface area contributed by atoms with Crippen molar-refractivity contribution in [3.8, 4) is 0 Å². The molecule has 2 aliphatic rings. The maximum absolute atomic E-state index is 6.48. The molecule has 0 amide bonds. The van der Waals surface area contributed by atoms with Crippen LogP contribution in [0, 0.1) is 11.8 Å². The van der Waals surface area contributed by atoms with Crippen LogP contribution in [-0.4, -0.2) is 4.98 Å². The van der Waals surface area contributed by atoms with Crippen molar-refractivity contribution in [2.45, 2.75) is 24.8 Å². The second-order valence-electron chi connectivity index (χ2n) is 5.82. The van der Waals surface area contributed by atoms with Crippen LogP contribution in [-0.2, 0) is 6.42 Å². The highest BCUT2D eigenvalue weighted by molar-refractivity contribution is 5.41. The Hall–Kier alpha value is -1.67. The minimum absolute atomic E-state index is 0.134. The molecule has 0 radical (unpaired) electrons. The number of hydrogen-bond donors (Lipinski definition) is 1. The zero-order valence-electron chi connectivity index (χ0n) is 10.9. The van der Waals surface area contributed by atoms with Gasteiger partial charge in [-0.3, -0.25) is 4.98 Å². The molecule has 1 aromatic heterocycles. The Morgan fingerprint density at radius 1 is 1.16 bits per heavy atom. The number of rotatable bonds is 2. The first-order chi connectivity index (χ1) is 9.36. The van der Waals surface area contributed by atoms with Gasteiger partial charge in [-0.25, -0.2) is 0 Å². The highest BCUT2D eigenvalue weighted by Crippen LogP contribution is 2.63. The molecule has 2 nitrogen and oxygen atoms in total. The molecular formula is C17H18N2. The number of hydrogen-bond acceptors (Lipinski definition) is 2. The van der Waals surface area contributed by atoms with E-state index in [1.807, 2.05) is 18.5 Å². The maximum Gasteiger partial charge on any atom is 0.0347 e. The van der Waals surface area contributed by atoms with Crippen molar-refractivity contribution in [1.82, 2.24) is 4.98 Å². The molecule has 1 aromatic carbocycles. The fourth-order valence-corrected chi connectivity index (χ4v) is 3.90. The highest BCUT2D eigenvalue weighted by atomic mass is 14.8. The van der Waals surface area contributed by atoms with E-state index in [1.54, 1.807) is 5.56 Å². The summed E-state index contributed by atoms with van der Waals surface area (Å²) < 4.78 is 0. The fraction of sp³-hybridized carbons (Fsp3) is 0.353. The lowest BCUT2D eigenvalue weighted by Gasteiger charge is -2.13. The number of fused-ring (bicyclic) bond motifs is 3. The monoisotopic (exact) mass is 250 g/mol. The molecule has 4 atom stereocenters. The standard InChI is InChI=1S/C17H18N2/c18-17(12-5-3-9-19-10-12)16-14-8-7-11-4-1-2-6-13(11)15(14)16/h1-6,9-10,14-17H,7-8,18H2. The molecule has 1 fully saturated rings. The van der Waals surface area contributed by atoms with Gasteiger partial charge in [0, 0.05) is 18.4 Å². The molecule has 1 heterocycles. The van der Waals surface area contributed by atoms with Gasteiger partial charge in [0.05, 0.1) is 0 Å². The predicted molar refractivity (Wildman–Crippen MR) is 75.6 cm³/mol. The Balaban J connectivity index is 1.64. The van der Waals surface area contributed by atoms with Crippen molar-refractivity contribution in [1.29, 1.82) is 0 Å². The minimum Gasteiger partial charge on any atom is -0.324 e. The van der Waals surface area contributed by atoms with Gasteiger partial charge in [0.15, 0.2) is 0 Å². The number of benzene rings is 1. The Bertz CT molecular complexity index is 593. The van der Waals surface area contributed by atoms with Gasteiger partial charge in [-0.1, -0.05) is 30.3 Å². The van der Waals surface area contributed by atoms with Gasteiger partial charge < -0.3 is 5.73 Å². The molecule has 4 rings (SSSR count). The van der Waals surface area contributed by atoms with E-state index >= 15 is 0 Å².